The molecule has 0 spiro atoms. The van der Waals surface area contributed by atoms with Gasteiger partial charge in [-0.15, -0.1) is 0 Å². The molecule has 0 radical (unpaired) electrons. The molecule has 2 rings (SSSR count). The average molecular weight is 220 g/mol. The molecule has 0 heterocycles. The molecule has 0 bridgehead atoms. The predicted octanol–water partition coefficient (Wildman–Crippen LogP) is 2.41. The molecule has 0 amide bonds. The van der Waals surface area contributed by atoms with Crippen molar-refractivity contribution in [2.75, 3.05) is 6.61 Å². The fourth-order valence-corrected chi connectivity index (χ4v) is 2.15. The van der Waals surface area contributed by atoms with E-state index in [0.29, 0.717) is 18.9 Å². The molecule has 2 atom stereocenters. The van der Waals surface area contributed by atoms with E-state index in [0.717, 1.165) is 0 Å². The Morgan fingerprint density at radius 1 is 1.31 bits per heavy atom. The van der Waals surface area contributed by atoms with Crippen LogP contribution in [0.1, 0.15) is 25.3 Å². The van der Waals surface area contributed by atoms with E-state index < -0.39 is 0 Å². The van der Waals surface area contributed by atoms with Crippen molar-refractivity contribution in [2.24, 2.45) is 5.92 Å². The molecule has 1 fully saturated rings. The molecular weight excluding hydrogens is 200 g/mol. The Hall–Kier alpha value is -0.860. The summed E-state index contributed by atoms with van der Waals surface area (Å²) in [5.74, 6) is 0.582. The van der Waals surface area contributed by atoms with Gasteiger partial charge in [0.15, 0.2) is 0 Å². The summed E-state index contributed by atoms with van der Waals surface area (Å²) in [6, 6.07) is 10.1. The topological polar surface area (TPSA) is 29.5 Å². The quantitative estimate of drug-likeness (QED) is 0.797. The Morgan fingerprint density at radius 3 is 2.56 bits per heavy atom. The van der Waals surface area contributed by atoms with Gasteiger partial charge < -0.3 is 9.84 Å². The summed E-state index contributed by atoms with van der Waals surface area (Å²) >= 11 is 0. The lowest BCUT2D eigenvalue weighted by Crippen LogP contribution is -2.32. The minimum atomic E-state index is -0.366. The Kier molecular flexibility index (Phi) is 3.97. The van der Waals surface area contributed by atoms with Crippen LogP contribution in [0.5, 0.6) is 0 Å². The molecule has 2 unspecified atom stereocenters. The first-order valence-corrected chi connectivity index (χ1v) is 6.15. The zero-order valence-corrected chi connectivity index (χ0v) is 9.80. The highest BCUT2D eigenvalue weighted by Gasteiger charge is 2.36. The maximum Gasteiger partial charge on any atom is 0.0865 e. The lowest BCUT2D eigenvalue weighted by Gasteiger charge is -2.22. The molecule has 0 aliphatic heterocycles. The van der Waals surface area contributed by atoms with Gasteiger partial charge >= 0.3 is 0 Å². The third-order valence-electron chi connectivity index (χ3n) is 3.11. The number of rotatable bonds is 6. The van der Waals surface area contributed by atoms with Crippen LogP contribution in [-0.4, -0.2) is 23.9 Å². The number of hydrogen-bond donors (Lipinski definition) is 1. The van der Waals surface area contributed by atoms with Gasteiger partial charge in [-0.2, -0.15) is 0 Å². The molecule has 1 N–H and O–H groups in total. The summed E-state index contributed by atoms with van der Waals surface area (Å²) in [5, 5.41) is 10.2. The Labute approximate surface area is 97.3 Å². The number of benzene rings is 1. The minimum absolute atomic E-state index is 0.0326. The summed E-state index contributed by atoms with van der Waals surface area (Å²) in [7, 11) is 0. The van der Waals surface area contributed by atoms with E-state index in [1.165, 1.54) is 18.4 Å². The first-order chi connectivity index (χ1) is 7.81. The number of hydrogen-bond acceptors (Lipinski definition) is 2. The van der Waals surface area contributed by atoms with Crippen LogP contribution in [0.15, 0.2) is 30.3 Å². The van der Waals surface area contributed by atoms with Crippen LogP contribution >= 0.6 is 0 Å². The summed E-state index contributed by atoms with van der Waals surface area (Å²) in [6.45, 7) is 2.68. The highest BCUT2D eigenvalue weighted by Crippen LogP contribution is 2.36. The van der Waals surface area contributed by atoms with E-state index in [9.17, 15) is 5.11 Å². The molecule has 2 nitrogen and oxygen atoms in total. The van der Waals surface area contributed by atoms with Crippen molar-refractivity contribution >= 4 is 0 Å². The summed E-state index contributed by atoms with van der Waals surface area (Å²) in [5.41, 5.74) is 1.18. The van der Waals surface area contributed by atoms with Gasteiger partial charge in [-0.25, -0.2) is 0 Å². The van der Waals surface area contributed by atoms with E-state index >= 15 is 0 Å². The standard InChI is InChI=1S/C14H20O2/c1-2-16-14(12-8-9-12)13(15)10-11-6-4-3-5-7-11/h3-7,12-15H,2,8-10H2,1H3. The van der Waals surface area contributed by atoms with Crippen LogP contribution in [0.2, 0.25) is 0 Å². The van der Waals surface area contributed by atoms with Gasteiger partial charge in [0.25, 0.3) is 0 Å². The second-order valence-corrected chi connectivity index (χ2v) is 4.51. The molecule has 1 saturated carbocycles. The van der Waals surface area contributed by atoms with E-state index in [1.807, 2.05) is 25.1 Å². The van der Waals surface area contributed by atoms with Crippen LogP contribution in [-0.2, 0) is 11.2 Å². The molecule has 1 aromatic rings. The summed E-state index contributed by atoms with van der Waals surface area (Å²) < 4.78 is 5.65. The average Bonchev–Trinajstić information content (AvgIpc) is 3.11. The van der Waals surface area contributed by atoms with Crippen molar-refractivity contribution < 1.29 is 9.84 Å². The van der Waals surface area contributed by atoms with Crippen molar-refractivity contribution in [3.63, 3.8) is 0 Å². The highest BCUT2D eigenvalue weighted by atomic mass is 16.5. The molecule has 1 aliphatic carbocycles. The van der Waals surface area contributed by atoms with Crippen molar-refractivity contribution in [1.82, 2.24) is 0 Å². The van der Waals surface area contributed by atoms with Gasteiger partial charge in [0.2, 0.25) is 0 Å². The van der Waals surface area contributed by atoms with Gasteiger partial charge in [-0.3, -0.25) is 0 Å². The fourth-order valence-electron chi connectivity index (χ4n) is 2.15. The second-order valence-electron chi connectivity index (χ2n) is 4.51. The van der Waals surface area contributed by atoms with Gasteiger partial charge in [-0.05, 0) is 31.2 Å². The van der Waals surface area contributed by atoms with Gasteiger partial charge in [-0.1, -0.05) is 30.3 Å². The van der Waals surface area contributed by atoms with Crippen molar-refractivity contribution in [2.45, 2.75) is 38.4 Å². The van der Waals surface area contributed by atoms with E-state index in [-0.39, 0.29) is 12.2 Å². The van der Waals surface area contributed by atoms with E-state index in [2.05, 4.69) is 12.1 Å². The lowest BCUT2D eigenvalue weighted by atomic mass is 10.0. The first kappa shape index (κ1) is 11.6. The monoisotopic (exact) mass is 220 g/mol. The zero-order chi connectivity index (χ0) is 11.4. The fraction of sp³-hybridized carbons (Fsp3) is 0.571. The third kappa shape index (κ3) is 3.06. The van der Waals surface area contributed by atoms with Crippen molar-refractivity contribution in [3.8, 4) is 0 Å². The minimum Gasteiger partial charge on any atom is -0.390 e. The summed E-state index contributed by atoms with van der Waals surface area (Å²) in [4.78, 5) is 0. The smallest absolute Gasteiger partial charge is 0.0865 e. The second kappa shape index (κ2) is 5.46. The van der Waals surface area contributed by atoms with Crippen LogP contribution in [0.4, 0.5) is 0 Å². The highest BCUT2D eigenvalue weighted by molar-refractivity contribution is 5.16. The Morgan fingerprint density at radius 2 is 2.00 bits per heavy atom. The SMILES string of the molecule is CCOC(C(O)Cc1ccccc1)C1CC1. The Bertz CT molecular complexity index is 306. The lowest BCUT2D eigenvalue weighted by molar-refractivity contribution is -0.0439. The largest absolute Gasteiger partial charge is 0.390 e. The molecule has 88 valence electrons. The normalized spacial score (nSPS) is 19.4. The van der Waals surface area contributed by atoms with Gasteiger partial charge in [0.1, 0.15) is 0 Å². The van der Waals surface area contributed by atoms with Crippen LogP contribution in [0.3, 0.4) is 0 Å². The molecule has 16 heavy (non-hydrogen) atoms. The number of ether oxygens (including phenoxy) is 1. The molecule has 0 aromatic heterocycles. The van der Waals surface area contributed by atoms with E-state index in [1.54, 1.807) is 0 Å². The third-order valence-corrected chi connectivity index (χ3v) is 3.11. The zero-order valence-electron chi connectivity index (χ0n) is 9.80. The number of aliphatic hydroxyl groups excluding tert-OH is 1. The van der Waals surface area contributed by atoms with E-state index in [4.69, 9.17) is 4.74 Å². The number of aliphatic hydroxyl groups is 1. The first-order valence-electron chi connectivity index (χ1n) is 6.15. The molecular formula is C14H20O2. The van der Waals surface area contributed by atoms with Crippen LogP contribution < -0.4 is 0 Å². The van der Waals surface area contributed by atoms with Gasteiger partial charge in [0, 0.05) is 13.0 Å². The predicted molar refractivity (Wildman–Crippen MR) is 64.3 cm³/mol. The van der Waals surface area contributed by atoms with Crippen LogP contribution in [0, 0.1) is 5.92 Å². The van der Waals surface area contributed by atoms with Crippen LogP contribution in [0.25, 0.3) is 0 Å². The van der Waals surface area contributed by atoms with Crippen molar-refractivity contribution in [3.05, 3.63) is 35.9 Å². The maximum atomic E-state index is 10.2. The molecule has 2 heteroatoms. The molecule has 1 aliphatic rings. The molecule has 1 aromatic carbocycles. The van der Waals surface area contributed by atoms with Crippen molar-refractivity contribution in [1.29, 1.82) is 0 Å². The molecule has 0 saturated heterocycles. The Balaban J connectivity index is 1.92. The van der Waals surface area contributed by atoms with Gasteiger partial charge in [0.05, 0.1) is 12.2 Å². The summed E-state index contributed by atoms with van der Waals surface area (Å²) in [6.07, 6.45) is 2.77. The maximum absolute atomic E-state index is 10.2.